The lowest BCUT2D eigenvalue weighted by atomic mass is 10.0. The largest absolute Gasteiger partial charge is 0.347 e. The zero-order valence-electron chi connectivity index (χ0n) is 15.9. The molecule has 0 bridgehead atoms. The third-order valence-corrected chi connectivity index (χ3v) is 5.54. The summed E-state index contributed by atoms with van der Waals surface area (Å²) in [5, 5.41) is 3.06. The van der Waals surface area contributed by atoms with Gasteiger partial charge in [0.15, 0.2) is 0 Å². The first kappa shape index (κ1) is 18.5. The van der Waals surface area contributed by atoms with Crippen LogP contribution in [-0.4, -0.2) is 60.0 Å². The van der Waals surface area contributed by atoms with Gasteiger partial charge in [-0.15, -0.1) is 0 Å². The Kier molecular flexibility index (Phi) is 5.30. The van der Waals surface area contributed by atoms with Crippen molar-refractivity contribution in [2.24, 2.45) is 5.73 Å². The number of rotatable bonds is 3. The quantitative estimate of drug-likeness (QED) is 0.860. The fourth-order valence-electron chi connectivity index (χ4n) is 3.93. The molecule has 0 aromatic heterocycles. The Labute approximate surface area is 165 Å². The number of nitrogens with two attached hydrogens (primary N) is 1. The highest BCUT2D eigenvalue weighted by atomic mass is 16.2. The first-order valence-corrected chi connectivity index (χ1v) is 9.86. The van der Waals surface area contributed by atoms with E-state index in [2.05, 4.69) is 5.32 Å². The molecule has 3 amide bonds. The molecule has 6 nitrogen and oxygen atoms in total. The highest BCUT2D eigenvalue weighted by Gasteiger charge is 2.32. The van der Waals surface area contributed by atoms with Gasteiger partial charge in [0, 0.05) is 43.8 Å². The van der Waals surface area contributed by atoms with E-state index in [0.717, 1.165) is 30.5 Å². The summed E-state index contributed by atoms with van der Waals surface area (Å²) < 4.78 is 0. The predicted octanol–water partition coefficient (Wildman–Crippen LogP) is 2.31. The van der Waals surface area contributed by atoms with Crippen molar-refractivity contribution in [2.75, 3.05) is 26.2 Å². The molecular weight excluding hydrogens is 352 g/mol. The first-order chi connectivity index (χ1) is 13.6. The van der Waals surface area contributed by atoms with Gasteiger partial charge in [-0.05, 0) is 36.1 Å². The van der Waals surface area contributed by atoms with Gasteiger partial charge in [0.05, 0.1) is 0 Å². The van der Waals surface area contributed by atoms with Gasteiger partial charge in [0.25, 0.3) is 5.91 Å². The van der Waals surface area contributed by atoms with Crippen molar-refractivity contribution in [1.82, 2.24) is 15.1 Å². The Hall–Kier alpha value is -2.86. The molecule has 2 aromatic carbocycles. The van der Waals surface area contributed by atoms with Gasteiger partial charge in [-0.1, -0.05) is 42.5 Å². The van der Waals surface area contributed by atoms with Crippen LogP contribution in [-0.2, 0) is 0 Å². The SMILES string of the molecule is NC1CCN(C(=O)N2CC[C@H](NC(=O)c3ccc(-c4ccccc4)cc3)C2)C1. The van der Waals surface area contributed by atoms with Crippen molar-refractivity contribution in [3.8, 4) is 11.1 Å². The lowest BCUT2D eigenvalue weighted by molar-refractivity contribution is 0.0937. The summed E-state index contributed by atoms with van der Waals surface area (Å²) in [5.41, 5.74) is 8.74. The lowest BCUT2D eigenvalue weighted by Crippen LogP contribution is -2.44. The molecule has 2 aliphatic rings. The second-order valence-corrected chi connectivity index (χ2v) is 7.63. The van der Waals surface area contributed by atoms with Gasteiger partial charge in [0.1, 0.15) is 0 Å². The molecule has 0 saturated carbocycles. The molecule has 0 radical (unpaired) electrons. The Balaban J connectivity index is 1.32. The number of likely N-dealkylation sites (tertiary alicyclic amines) is 2. The average Bonchev–Trinajstić information content (AvgIpc) is 3.37. The molecule has 1 unspecified atom stereocenters. The third-order valence-electron chi connectivity index (χ3n) is 5.54. The summed E-state index contributed by atoms with van der Waals surface area (Å²) in [6.45, 7) is 2.57. The van der Waals surface area contributed by atoms with Gasteiger partial charge in [-0.25, -0.2) is 4.79 Å². The van der Waals surface area contributed by atoms with E-state index in [1.807, 2.05) is 64.4 Å². The zero-order chi connectivity index (χ0) is 19.5. The fourth-order valence-corrected chi connectivity index (χ4v) is 3.93. The molecule has 2 fully saturated rings. The van der Waals surface area contributed by atoms with Gasteiger partial charge in [-0.3, -0.25) is 4.79 Å². The van der Waals surface area contributed by atoms with Crippen LogP contribution in [0.4, 0.5) is 4.79 Å². The van der Waals surface area contributed by atoms with E-state index in [9.17, 15) is 9.59 Å². The minimum Gasteiger partial charge on any atom is -0.347 e. The number of carbonyl (C=O) groups excluding carboxylic acids is 2. The van der Waals surface area contributed by atoms with E-state index in [1.165, 1.54) is 0 Å². The lowest BCUT2D eigenvalue weighted by Gasteiger charge is -2.24. The highest BCUT2D eigenvalue weighted by molar-refractivity contribution is 5.95. The van der Waals surface area contributed by atoms with Crippen LogP contribution >= 0.6 is 0 Å². The van der Waals surface area contributed by atoms with Gasteiger partial charge < -0.3 is 20.9 Å². The second kappa shape index (κ2) is 8.02. The van der Waals surface area contributed by atoms with E-state index >= 15 is 0 Å². The number of urea groups is 1. The topological polar surface area (TPSA) is 78.7 Å². The third kappa shape index (κ3) is 4.02. The van der Waals surface area contributed by atoms with Crippen LogP contribution in [0.2, 0.25) is 0 Å². The minimum absolute atomic E-state index is 0.0125. The molecule has 2 aliphatic heterocycles. The predicted molar refractivity (Wildman–Crippen MR) is 109 cm³/mol. The van der Waals surface area contributed by atoms with Crippen LogP contribution in [0.5, 0.6) is 0 Å². The minimum atomic E-state index is -0.0953. The second-order valence-electron chi connectivity index (χ2n) is 7.63. The summed E-state index contributed by atoms with van der Waals surface area (Å²) in [5.74, 6) is -0.0953. The molecule has 2 atom stereocenters. The number of amides is 3. The number of carbonyl (C=O) groups is 2. The maximum Gasteiger partial charge on any atom is 0.320 e. The molecular formula is C22H26N4O2. The van der Waals surface area contributed by atoms with Crippen molar-refractivity contribution >= 4 is 11.9 Å². The van der Waals surface area contributed by atoms with Crippen molar-refractivity contribution in [3.05, 3.63) is 60.2 Å². The van der Waals surface area contributed by atoms with Gasteiger partial charge in [0.2, 0.25) is 0 Å². The van der Waals surface area contributed by atoms with E-state index < -0.39 is 0 Å². The normalized spacial score (nSPS) is 21.8. The number of nitrogens with zero attached hydrogens (tertiary/aromatic N) is 2. The number of hydrogen-bond donors (Lipinski definition) is 2. The standard InChI is InChI=1S/C22H26N4O2/c23-19-10-12-25(14-19)22(28)26-13-11-20(15-26)24-21(27)18-8-6-17(7-9-18)16-4-2-1-3-5-16/h1-9,19-20H,10-15,23H2,(H,24,27)/t19?,20-/m0/s1. The highest BCUT2D eigenvalue weighted by Crippen LogP contribution is 2.20. The van der Waals surface area contributed by atoms with E-state index in [0.29, 0.717) is 25.2 Å². The Morgan fingerprint density at radius 3 is 2.18 bits per heavy atom. The smallest absolute Gasteiger partial charge is 0.320 e. The molecule has 3 N–H and O–H groups in total. The first-order valence-electron chi connectivity index (χ1n) is 9.86. The van der Waals surface area contributed by atoms with Crippen LogP contribution in [0.15, 0.2) is 54.6 Å². The maximum absolute atomic E-state index is 12.6. The summed E-state index contributed by atoms with van der Waals surface area (Å²) >= 11 is 0. The van der Waals surface area contributed by atoms with E-state index in [4.69, 9.17) is 5.73 Å². The molecule has 0 spiro atoms. The van der Waals surface area contributed by atoms with E-state index in [-0.39, 0.29) is 24.0 Å². The van der Waals surface area contributed by atoms with Crippen molar-refractivity contribution in [2.45, 2.75) is 24.9 Å². The molecule has 2 aromatic rings. The van der Waals surface area contributed by atoms with Gasteiger partial charge >= 0.3 is 6.03 Å². The molecule has 4 rings (SSSR count). The van der Waals surface area contributed by atoms with E-state index in [1.54, 1.807) is 0 Å². The molecule has 2 heterocycles. The van der Waals surface area contributed by atoms with Gasteiger partial charge in [-0.2, -0.15) is 0 Å². The average molecular weight is 378 g/mol. The summed E-state index contributed by atoms with van der Waals surface area (Å²) in [6.07, 6.45) is 1.64. The van der Waals surface area contributed by atoms with Crippen molar-refractivity contribution in [3.63, 3.8) is 0 Å². The summed E-state index contributed by atoms with van der Waals surface area (Å²) in [4.78, 5) is 28.8. The van der Waals surface area contributed by atoms with Crippen LogP contribution in [0.1, 0.15) is 23.2 Å². The number of nitrogens with one attached hydrogen (secondary N) is 1. The van der Waals surface area contributed by atoms with Crippen LogP contribution in [0, 0.1) is 0 Å². The molecule has 2 saturated heterocycles. The summed E-state index contributed by atoms with van der Waals surface area (Å²) in [6, 6.07) is 17.8. The van der Waals surface area contributed by atoms with Crippen LogP contribution in [0.25, 0.3) is 11.1 Å². The molecule has 0 aliphatic carbocycles. The van der Waals surface area contributed by atoms with Crippen molar-refractivity contribution in [1.29, 1.82) is 0 Å². The number of benzene rings is 2. The van der Waals surface area contributed by atoms with Crippen LogP contribution < -0.4 is 11.1 Å². The molecule has 6 heteroatoms. The fraction of sp³-hybridized carbons (Fsp3) is 0.364. The molecule has 146 valence electrons. The Morgan fingerprint density at radius 1 is 0.857 bits per heavy atom. The maximum atomic E-state index is 12.6. The Morgan fingerprint density at radius 2 is 1.50 bits per heavy atom. The summed E-state index contributed by atoms with van der Waals surface area (Å²) in [7, 11) is 0. The molecule has 28 heavy (non-hydrogen) atoms. The monoisotopic (exact) mass is 378 g/mol. The zero-order valence-corrected chi connectivity index (χ0v) is 15.9. The Bertz CT molecular complexity index is 837. The number of hydrogen-bond acceptors (Lipinski definition) is 3. The van der Waals surface area contributed by atoms with Crippen LogP contribution in [0.3, 0.4) is 0 Å². The van der Waals surface area contributed by atoms with Crippen molar-refractivity contribution < 1.29 is 9.59 Å².